The third kappa shape index (κ3) is 1.89. The van der Waals surface area contributed by atoms with Crippen LogP contribution in [0.2, 0.25) is 0 Å². The summed E-state index contributed by atoms with van der Waals surface area (Å²) in [6, 6.07) is 1.06. The summed E-state index contributed by atoms with van der Waals surface area (Å²) >= 11 is 0. The number of aromatic nitrogens is 2. The van der Waals surface area contributed by atoms with Crippen molar-refractivity contribution in [2.24, 2.45) is 0 Å². The monoisotopic (exact) mass is 243 g/mol. The molecule has 0 bridgehead atoms. The van der Waals surface area contributed by atoms with Crippen LogP contribution in [0, 0.1) is 21.7 Å². The van der Waals surface area contributed by atoms with Crippen LogP contribution in [0.25, 0.3) is 11.5 Å². The summed E-state index contributed by atoms with van der Waals surface area (Å²) in [4.78, 5) is 20.0. The number of H-pyrrole nitrogens is 1. The van der Waals surface area contributed by atoms with Crippen molar-refractivity contribution < 1.29 is 18.1 Å². The predicted octanol–water partition coefficient (Wildman–Crippen LogP) is 1.22. The molecule has 2 aromatic rings. The molecule has 0 saturated carbocycles. The minimum Gasteiger partial charge on any atom is -0.388 e. The fraction of sp³-hybridized carbons (Fsp3) is 0. The maximum Gasteiger partial charge on any atom is 0.434 e. The molecule has 0 spiro atoms. The Bertz CT molecular complexity index is 648. The van der Waals surface area contributed by atoms with E-state index in [1.54, 1.807) is 0 Å². The van der Waals surface area contributed by atoms with E-state index in [0.29, 0.717) is 12.1 Å². The zero-order chi connectivity index (χ0) is 12.6. The first-order valence-electron chi connectivity index (χ1n) is 4.18. The van der Waals surface area contributed by atoms with Gasteiger partial charge in [-0.1, -0.05) is 0 Å². The van der Waals surface area contributed by atoms with Crippen molar-refractivity contribution in [3.63, 3.8) is 0 Å². The van der Waals surface area contributed by atoms with Gasteiger partial charge in [0.2, 0.25) is 5.82 Å². The van der Waals surface area contributed by atoms with Gasteiger partial charge in [0.15, 0.2) is 0 Å². The lowest BCUT2D eigenvalue weighted by Crippen LogP contribution is -1.97. The molecular weight excluding hydrogens is 240 g/mol. The van der Waals surface area contributed by atoms with E-state index < -0.39 is 39.5 Å². The summed E-state index contributed by atoms with van der Waals surface area (Å²) < 4.78 is 31.0. The number of hydrogen-bond acceptors (Lipinski definition) is 5. The fourth-order valence-electron chi connectivity index (χ4n) is 1.21. The van der Waals surface area contributed by atoms with Gasteiger partial charge in [0.05, 0.1) is 16.6 Å². The summed E-state index contributed by atoms with van der Waals surface area (Å²) in [6.45, 7) is 0. The number of nitrogens with one attached hydrogen (secondary N) is 1. The van der Waals surface area contributed by atoms with Crippen LogP contribution in [0.3, 0.4) is 0 Å². The molecule has 0 unspecified atom stereocenters. The first-order chi connectivity index (χ1) is 7.99. The molecule has 2 rings (SSSR count). The molecule has 0 saturated heterocycles. The highest BCUT2D eigenvalue weighted by Crippen LogP contribution is 2.28. The molecule has 1 aromatic carbocycles. The lowest BCUT2D eigenvalue weighted by molar-refractivity contribution is -0.387. The highest BCUT2D eigenvalue weighted by atomic mass is 19.1. The number of halogens is 2. The van der Waals surface area contributed by atoms with Gasteiger partial charge in [0.25, 0.3) is 5.89 Å². The quantitative estimate of drug-likeness (QED) is 0.630. The Morgan fingerprint density at radius 1 is 1.41 bits per heavy atom. The number of hydrogen-bond donors (Lipinski definition) is 1. The van der Waals surface area contributed by atoms with Crippen molar-refractivity contribution in [2.75, 3.05) is 0 Å². The topological polar surface area (TPSA) is 102 Å². The molecular formula is C8H3F2N3O4. The predicted molar refractivity (Wildman–Crippen MR) is 49.1 cm³/mol. The van der Waals surface area contributed by atoms with Gasteiger partial charge in [-0.05, 0) is 6.07 Å². The van der Waals surface area contributed by atoms with Crippen LogP contribution >= 0.6 is 0 Å². The van der Waals surface area contributed by atoms with Crippen LogP contribution in [0.1, 0.15) is 0 Å². The van der Waals surface area contributed by atoms with Crippen molar-refractivity contribution in [1.82, 2.24) is 10.2 Å². The summed E-state index contributed by atoms with van der Waals surface area (Å²) in [5.41, 5.74) is -1.67. The fourth-order valence-corrected chi connectivity index (χ4v) is 1.21. The Balaban J connectivity index is 2.70. The lowest BCUT2D eigenvalue weighted by atomic mass is 10.2. The summed E-state index contributed by atoms with van der Waals surface area (Å²) in [5.74, 6) is -3.91. The van der Waals surface area contributed by atoms with Crippen LogP contribution in [-0.2, 0) is 0 Å². The largest absolute Gasteiger partial charge is 0.434 e. The summed E-state index contributed by atoms with van der Waals surface area (Å²) in [7, 11) is 0. The van der Waals surface area contributed by atoms with Gasteiger partial charge in [0.1, 0.15) is 5.82 Å². The second kappa shape index (κ2) is 3.77. The van der Waals surface area contributed by atoms with Gasteiger partial charge < -0.3 is 4.42 Å². The van der Waals surface area contributed by atoms with E-state index in [1.807, 2.05) is 5.10 Å². The molecule has 1 heterocycles. The van der Waals surface area contributed by atoms with E-state index in [0.717, 1.165) is 0 Å². The van der Waals surface area contributed by atoms with E-state index in [2.05, 4.69) is 9.52 Å². The molecule has 0 radical (unpaired) electrons. The van der Waals surface area contributed by atoms with Gasteiger partial charge in [-0.2, -0.15) is 4.39 Å². The number of benzene rings is 1. The standard InChI is InChI=1S/C8H3F2N3O4/c9-3-1-4(7-11-12-8(14)17-7)6(10)5(2-3)13(15)16/h1-2H,(H,12,14). The van der Waals surface area contributed by atoms with Gasteiger partial charge in [-0.3, -0.25) is 10.1 Å². The van der Waals surface area contributed by atoms with Crippen LogP contribution in [-0.4, -0.2) is 15.1 Å². The smallest absolute Gasteiger partial charge is 0.388 e. The zero-order valence-corrected chi connectivity index (χ0v) is 7.94. The highest BCUT2D eigenvalue weighted by molar-refractivity contribution is 5.59. The van der Waals surface area contributed by atoms with Crippen LogP contribution < -0.4 is 5.76 Å². The number of nitrogens with zero attached hydrogens (tertiary/aromatic N) is 2. The minimum absolute atomic E-state index is 0.420. The van der Waals surface area contributed by atoms with Crippen molar-refractivity contribution in [3.8, 4) is 11.5 Å². The van der Waals surface area contributed by atoms with E-state index in [1.165, 1.54) is 0 Å². The lowest BCUT2D eigenvalue weighted by Gasteiger charge is -1.99. The van der Waals surface area contributed by atoms with Crippen LogP contribution in [0.4, 0.5) is 14.5 Å². The van der Waals surface area contributed by atoms with E-state index in [9.17, 15) is 23.7 Å². The normalized spacial score (nSPS) is 10.5. The number of aromatic amines is 1. The first kappa shape index (κ1) is 10.9. The average Bonchev–Trinajstić information content (AvgIpc) is 2.67. The van der Waals surface area contributed by atoms with E-state index in [4.69, 9.17) is 0 Å². The van der Waals surface area contributed by atoms with E-state index >= 15 is 0 Å². The van der Waals surface area contributed by atoms with Gasteiger partial charge in [-0.15, -0.1) is 5.10 Å². The van der Waals surface area contributed by atoms with Crippen LogP contribution in [0.5, 0.6) is 0 Å². The number of nitro benzene ring substituents is 1. The maximum absolute atomic E-state index is 13.6. The molecule has 7 nitrogen and oxygen atoms in total. The molecule has 0 aliphatic rings. The van der Waals surface area contributed by atoms with Crippen molar-refractivity contribution >= 4 is 5.69 Å². The SMILES string of the molecule is O=c1[nH]nc(-c2cc(F)cc([N+](=O)[O-])c2F)o1. The molecule has 9 heteroatoms. The summed E-state index contributed by atoms with van der Waals surface area (Å²) in [6.07, 6.45) is 0. The molecule has 0 atom stereocenters. The Kier molecular flexibility index (Phi) is 2.42. The molecule has 17 heavy (non-hydrogen) atoms. The second-order valence-electron chi connectivity index (χ2n) is 2.96. The first-order valence-corrected chi connectivity index (χ1v) is 4.18. The molecule has 88 valence electrons. The van der Waals surface area contributed by atoms with Crippen molar-refractivity contribution in [3.05, 3.63) is 44.4 Å². The second-order valence-corrected chi connectivity index (χ2v) is 2.96. The highest BCUT2D eigenvalue weighted by Gasteiger charge is 2.23. The molecule has 1 aromatic heterocycles. The van der Waals surface area contributed by atoms with Crippen LogP contribution in [0.15, 0.2) is 21.3 Å². The number of nitro groups is 1. The zero-order valence-electron chi connectivity index (χ0n) is 7.94. The van der Waals surface area contributed by atoms with Gasteiger partial charge >= 0.3 is 11.4 Å². The Labute approximate surface area is 90.8 Å². The Hall–Kier alpha value is -2.58. The van der Waals surface area contributed by atoms with E-state index in [-0.39, 0.29) is 0 Å². The van der Waals surface area contributed by atoms with Crippen molar-refractivity contribution in [2.45, 2.75) is 0 Å². The van der Waals surface area contributed by atoms with Crippen molar-refractivity contribution in [1.29, 1.82) is 0 Å². The number of rotatable bonds is 2. The average molecular weight is 243 g/mol. The van der Waals surface area contributed by atoms with Gasteiger partial charge in [-0.25, -0.2) is 14.3 Å². The Morgan fingerprint density at radius 2 is 2.12 bits per heavy atom. The molecule has 0 aliphatic heterocycles. The third-order valence-corrected chi connectivity index (χ3v) is 1.88. The van der Waals surface area contributed by atoms with Gasteiger partial charge in [0, 0.05) is 0 Å². The maximum atomic E-state index is 13.6. The molecule has 0 aliphatic carbocycles. The molecule has 0 amide bonds. The molecule has 0 fully saturated rings. The molecule has 1 N–H and O–H groups in total. The minimum atomic E-state index is -1.33. The third-order valence-electron chi connectivity index (χ3n) is 1.88. The Morgan fingerprint density at radius 3 is 2.65 bits per heavy atom. The summed E-state index contributed by atoms with van der Waals surface area (Å²) in [5, 5.41) is 15.5.